The summed E-state index contributed by atoms with van der Waals surface area (Å²) in [6.45, 7) is 5.03. The third-order valence-corrected chi connectivity index (χ3v) is 2.57. The predicted octanol–water partition coefficient (Wildman–Crippen LogP) is 1.35. The highest BCUT2D eigenvalue weighted by molar-refractivity contribution is 5.98. The lowest BCUT2D eigenvalue weighted by Gasteiger charge is -2.18. The quantitative estimate of drug-likeness (QED) is 0.377. The molecule has 0 aromatic heterocycles. The van der Waals surface area contributed by atoms with Gasteiger partial charge in [-0.1, -0.05) is 0 Å². The van der Waals surface area contributed by atoms with Crippen molar-refractivity contribution in [2.24, 2.45) is 11.8 Å². The molecule has 0 heterocycles. The molecule has 0 aliphatic rings. The smallest absolute Gasteiger partial charge is 0.316 e. The molecule has 19 heavy (non-hydrogen) atoms. The molecule has 0 saturated heterocycles. The third kappa shape index (κ3) is 6.05. The van der Waals surface area contributed by atoms with E-state index in [2.05, 4.69) is 5.92 Å². The van der Waals surface area contributed by atoms with E-state index in [9.17, 15) is 14.4 Å². The minimum Gasteiger partial charge on any atom is -0.466 e. The summed E-state index contributed by atoms with van der Waals surface area (Å²) in [6.07, 6.45) is 5.34. The summed E-state index contributed by atoms with van der Waals surface area (Å²) in [6, 6.07) is 0. The van der Waals surface area contributed by atoms with Crippen LogP contribution in [0.1, 0.15) is 33.6 Å². The van der Waals surface area contributed by atoms with Crippen molar-refractivity contribution in [3.8, 4) is 12.3 Å². The Morgan fingerprint density at radius 1 is 1.11 bits per heavy atom. The molecule has 0 aliphatic heterocycles. The number of Topliss-reactive ketones (excluding diaryl/α,β-unsaturated/α-hetero) is 1. The van der Waals surface area contributed by atoms with Crippen molar-refractivity contribution in [1.29, 1.82) is 0 Å². The second-order valence-electron chi connectivity index (χ2n) is 4.01. The van der Waals surface area contributed by atoms with Crippen LogP contribution in [0, 0.1) is 24.2 Å². The maximum Gasteiger partial charge on any atom is 0.316 e. The van der Waals surface area contributed by atoms with Gasteiger partial charge in [0.05, 0.1) is 19.1 Å². The molecule has 2 atom stereocenters. The Hall–Kier alpha value is -1.83. The van der Waals surface area contributed by atoms with Gasteiger partial charge in [0, 0.05) is 6.42 Å². The van der Waals surface area contributed by atoms with Crippen molar-refractivity contribution in [2.75, 3.05) is 13.2 Å². The lowest BCUT2D eigenvalue weighted by molar-refractivity contribution is -0.154. The Morgan fingerprint density at radius 3 is 2.05 bits per heavy atom. The largest absolute Gasteiger partial charge is 0.466 e. The van der Waals surface area contributed by atoms with Crippen molar-refractivity contribution in [3.05, 3.63) is 0 Å². The van der Waals surface area contributed by atoms with Crippen LogP contribution in [0.3, 0.4) is 0 Å². The van der Waals surface area contributed by atoms with Gasteiger partial charge in [-0.05, 0) is 27.2 Å². The molecule has 0 aromatic rings. The van der Waals surface area contributed by atoms with Crippen molar-refractivity contribution < 1.29 is 23.9 Å². The third-order valence-electron chi connectivity index (χ3n) is 2.57. The van der Waals surface area contributed by atoms with Crippen LogP contribution in [0.2, 0.25) is 0 Å². The van der Waals surface area contributed by atoms with E-state index in [0.717, 1.165) is 0 Å². The molecular weight excluding hydrogens is 248 g/mol. The maximum absolute atomic E-state index is 11.7. The number of hydrogen-bond donors (Lipinski definition) is 0. The zero-order chi connectivity index (χ0) is 14.8. The van der Waals surface area contributed by atoms with Gasteiger partial charge in [0.15, 0.2) is 0 Å². The molecule has 0 aliphatic carbocycles. The van der Waals surface area contributed by atoms with Gasteiger partial charge >= 0.3 is 11.9 Å². The predicted molar refractivity (Wildman–Crippen MR) is 69.0 cm³/mol. The van der Waals surface area contributed by atoms with Gasteiger partial charge in [0.2, 0.25) is 0 Å². The van der Waals surface area contributed by atoms with E-state index in [-0.39, 0.29) is 31.8 Å². The number of hydrogen-bond acceptors (Lipinski definition) is 5. The lowest BCUT2D eigenvalue weighted by Crippen LogP contribution is -2.30. The van der Waals surface area contributed by atoms with Crippen LogP contribution in [-0.4, -0.2) is 30.9 Å². The second-order valence-corrected chi connectivity index (χ2v) is 4.01. The van der Waals surface area contributed by atoms with E-state index in [1.54, 1.807) is 13.8 Å². The minimum absolute atomic E-state index is 0.0250. The molecule has 0 N–H and O–H groups in total. The highest BCUT2D eigenvalue weighted by Crippen LogP contribution is 2.19. The number of carbonyl (C=O) groups is 3. The fourth-order valence-corrected chi connectivity index (χ4v) is 1.62. The van der Waals surface area contributed by atoms with E-state index in [0.29, 0.717) is 0 Å². The highest BCUT2D eigenvalue weighted by Gasteiger charge is 2.31. The average molecular weight is 268 g/mol. The second kappa shape index (κ2) is 9.15. The first-order valence-electron chi connectivity index (χ1n) is 6.25. The van der Waals surface area contributed by atoms with Gasteiger partial charge in [-0.3, -0.25) is 14.4 Å². The molecule has 5 heteroatoms. The monoisotopic (exact) mass is 268 g/mol. The first-order valence-corrected chi connectivity index (χ1v) is 6.25. The van der Waals surface area contributed by atoms with Crippen LogP contribution in [0.4, 0.5) is 0 Å². The van der Waals surface area contributed by atoms with Gasteiger partial charge < -0.3 is 9.47 Å². The number of rotatable bonds is 8. The standard InChI is InChI=1S/C14H20O5/c1-5-8-11(13(16)18-6-2)9-12(10(4)15)14(17)19-7-3/h1,11-12H,6-9H2,2-4H3. The molecule has 0 rings (SSSR count). The lowest BCUT2D eigenvalue weighted by atomic mass is 9.90. The van der Waals surface area contributed by atoms with Gasteiger partial charge in [0.1, 0.15) is 11.7 Å². The van der Waals surface area contributed by atoms with E-state index in [1.165, 1.54) is 6.92 Å². The van der Waals surface area contributed by atoms with Crippen LogP contribution in [0.15, 0.2) is 0 Å². The van der Waals surface area contributed by atoms with Crippen LogP contribution < -0.4 is 0 Å². The first kappa shape index (κ1) is 17.2. The summed E-state index contributed by atoms with van der Waals surface area (Å²) in [7, 11) is 0. The van der Waals surface area contributed by atoms with Crippen LogP contribution >= 0.6 is 0 Å². The summed E-state index contributed by atoms with van der Waals surface area (Å²) in [5.74, 6) is -0.732. The number of terminal acetylenes is 1. The summed E-state index contributed by atoms with van der Waals surface area (Å²) in [5, 5.41) is 0. The Balaban J connectivity index is 4.85. The Bertz CT molecular complexity index is 367. The minimum atomic E-state index is -0.970. The molecule has 0 radical (unpaired) electrons. The topological polar surface area (TPSA) is 69.7 Å². The number of ketones is 1. The average Bonchev–Trinajstić information content (AvgIpc) is 2.34. The molecule has 5 nitrogen and oxygen atoms in total. The van der Waals surface area contributed by atoms with Crippen molar-refractivity contribution in [2.45, 2.75) is 33.6 Å². The maximum atomic E-state index is 11.7. The molecular formula is C14H20O5. The van der Waals surface area contributed by atoms with Gasteiger partial charge in [-0.15, -0.1) is 12.3 Å². The fraction of sp³-hybridized carbons (Fsp3) is 0.643. The molecule has 0 bridgehead atoms. The zero-order valence-corrected chi connectivity index (χ0v) is 11.6. The summed E-state index contributed by atoms with van der Waals surface area (Å²) in [5.41, 5.74) is 0. The van der Waals surface area contributed by atoms with Crippen LogP contribution in [0.25, 0.3) is 0 Å². The molecule has 106 valence electrons. The fourth-order valence-electron chi connectivity index (χ4n) is 1.62. The zero-order valence-electron chi connectivity index (χ0n) is 11.6. The van der Waals surface area contributed by atoms with Crippen molar-refractivity contribution in [3.63, 3.8) is 0 Å². The summed E-state index contributed by atoms with van der Waals surface area (Å²) < 4.78 is 9.70. The first-order chi connectivity index (χ1) is 8.97. The van der Waals surface area contributed by atoms with E-state index in [4.69, 9.17) is 15.9 Å². The van der Waals surface area contributed by atoms with Gasteiger partial charge in [-0.25, -0.2) is 0 Å². The number of esters is 2. The normalized spacial score (nSPS) is 12.9. The Labute approximate surface area is 113 Å². The number of carbonyl (C=O) groups excluding carboxylic acids is 3. The van der Waals surface area contributed by atoms with Crippen LogP contribution in [0.5, 0.6) is 0 Å². The van der Waals surface area contributed by atoms with E-state index >= 15 is 0 Å². The van der Waals surface area contributed by atoms with Gasteiger partial charge in [-0.2, -0.15) is 0 Å². The molecule has 0 aromatic carbocycles. The summed E-state index contributed by atoms with van der Waals surface area (Å²) >= 11 is 0. The van der Waals surface area contributed by atoms with E-state index in [1.807, 2.05) is 0 Å². The van der Waals surface area contributed by atoms with E-state index < -0.39 is 23.8 Å². The summed E-state index contributed by atoms with van der Waals surface area (Å²) in [4.78, 5) is 34.8. The van der Waals surface area contributed by atoms with Gasteiger partial charge in [0.25, 0.3) is 0 Å². The molecule has 0 amide bonds. The highest BCUT2D eigenvalue weighted by atomic mass is 16.5. The van der Waals surface area contributed by atoms with Crippen molar-refractivity contribution in [1.82, 2.24) is 0 Å². The van der Waals surface area contributed by atoms with Crippen molar-refractivity contribution >= 4 is 17.7 Å². The Morgan fingerprint density at radius 2 is 1.63 bits per heavy atom. The molecule has 2 unspecified atom stereocenters. The molecule has 0 spiro atoms. The molecule has 0 fully saturated rings. The Kier molecular flexibility index (Phi) is 8.27. The van der Waals surface area contributed by atoms with Crippen LogP contribution in [-0.2, 0) is 23.9 Å². The molecule has 0 saturated carbocycles. The number of ether oxygens (including phenoxy) is 2. The SMILES string of the molecule is C#CCC(CC(C(C)=O)C(=O)OCC)C(=O)OCC.